The van der Waals surface area contributed by atoms with Crippen LogP contribution in [0.2, 0.25) is 0 Å². The molecule has 0 aliphatic carbocycles. The van der Waals surface area contributed by atoms with Gasteiger partial charge in [-0.25, -0.2) is 9.37 Å². The summed E-state index contributed by atoms with van der Waals surface area (Å²) in [6, 6.07) is 13.5. The van der Waals surface area contributed by atoms with Gasteiger partial charge in [0, 0.05) is 16.5 Å². The standard InChI is InChI=1S/C15H10FNOS/c16-12-7-3-1-5-10(12)15-17-13(9-19-15)11-6-2-4-8-14(11)18/h1-9,18H. The summed E-state index contributed by atoms with van der Waals surface area (Å²) >= 11 is 1.36. The minimum Gasteiger partial charge on any atom is -0.507 e. The van der Waals surface area contributed by atoms with Gasteiger partial charge in [-0.1, -0.05) is 24.3 Å². The maximum absolute atomic E-state index is 13.7. The second-order valence-corrected chi connectivity index (χ2v) is 4.89. The second kappa shape index (κ2) is 4.82. The first-order valence-electron chi connectivity index (χ1n) is 5.74. The molecule has 0 amide bonds. The molecule has 1 heterocycles. The van der Waals surface area contributed by atoms with Gasteiger partial charge in [0.05, 0.1) is 5.69 Å². The Hall–Kier alpha value is -2.20. The van der Waals surface area contributed by atoms with Crippen LogP contribution in [0.5, 0.6) is 5.75 Å². The average Bonchev–Trinajstić information content (AvgIpc) is 2.89. The second-order valence-electron chi connectivity index (χ2n) is 4.03. The van der Waals surface area contributed by atoms with Crippen LogP contribution in [0.1, 0.15) is 0 Å². The van der Waals surface area contributed by atoms with Gasteiger partial charge in [-0.3, -0.25) is 0 Å². The number of aromatic hydroxyl groups is 1. The van der Waals surface area contributed by atoms with Crippen LogP contribution in [0.15, 0.2) is 53.9 Å². The van der Waals surface area contributed by atoms with E-state index in [2.05, 4.69) is 4.98 Å². The van der Waals surface area contributed by atoms with Crippen LogP contribution < -0.4 is 0 Å². The SMILES string of the molecule is Oc1ccccc1-c1csc(-c2ccccc2F)n1. The summed E-state index contributed by atoms with van der Waals surface area (Å²) in [7, 11) is 0. The van der Waals surface area contributed by atoms with Gasteiger partial charge in [-0.05, 0) is 24.3 Å². The summed E-state index contributed by atoms with van der Waals surface area (Å²) in [5.41, 5.74) is 1.79. The van der Waals surface area contributed by atoms with E-state index in [0.717, 1.165) is 0 Å². The van der Waals surface area contributed by atoms with E-state index in [1.54, 1.807) is 36.4 Å². The van der Waals surface area contributed by atoms with Crippen LogP contribution in [0.25, 0.3) is 21.8 Å². The molecule has 0 aliphatic rings. The zero-order chi connectivity index (χ0) is 13.2. The van der Waals surface area contributed by atoms with Crippen molar-refractivity contribution in [1.29, 1.82) is 0 Å². The molecule has 2 aromatic carbocycles. The molecule has 0 unspecified atom stereocenters. The summed E-state index contributed by atoms with van der Waals surface area (Å²) in [6.07, 6.45) is 0. The van der Waals surface area contributed by atoms with Crippen LogP contribution in [0.3, 0.4) is 0 Å². The van der Waals surface area contributed by atoms with Crippen molar-refractivity contribution in [3.8, 4) is 27.6 Å². The van der Waals surface area contributed by atoms with E-state index in [4.69, 9.17) is 0 Å². The number of hydrogen-bond acceptors (Lipinski definition) is 3. The molecule has 2 nitrogen and oxygen atoms in total. The number of phenols is 1. The number of hydrogen-bond donors (Lipinski definition) is 1. The predicted octanol–water partition coefficient (Wildman–Crippen LogP) is 4.32. The Morgan fingerprint density at radius 2 is 1.63 bits per heavy atom. The molecule has 3 rings (SSSR count). The Labute approximate surface area is 113 Å². The summed E-state index contributed by atoms with van der Waals surface area (Å²) in [5, 5.41) is 12.2. The van der Waals surface area contributed by atoms with Crippen molar-refractivity contribution in [2.24, 2.45) is 0 Å². The zero-order valence-corrected chi connectivity index (χ0v) is 10.7. The van der Waals surface area contributed by atoms with Crippen LogP contribution in [0, 0.1) is 5.82 Å². The molecule has 0 atom stereocenters. The smallest absolute Gasteiger partial charge is 0.133 e. The minimum atomic E-state index is -0.291. The van der Waals surface area contributed by atoms with Crippen LogP contribution in [-0.4, -0.2) is 10.1 Å². The summed E-state index contributed by atoms with van der Waals surface area (Å²) in [6.45, 7) is 0. The molecule has 3 aromatic rings. The lowest BCUT2D eigenvalue weighted by Crippen LogP contribution is -1.83. The van der Waals surface area contributed by atoms with Crippen molar-refractivity contribution in [3.63, 3.8) is 0 Å². The van der Waals surface area contributed by atoms with Crippen molar-refractivity contribution in [2.75, 3.05) is 0 Å². The van der Waals surface area contributed by atoms with Crippen LogP contribution in [-0.2, 0) is 0 Å². The number of rotatable bonds is 2. The van der Waals surface area contributed by atoms with Gasteiger partial charge in [-0.15, -0.1) is 11.3 Å². The Morgan fingerprint density at radius 3 is 2.37 bits per heavy atom. The van der Waals surface area contributed by atoms with Gasteiger partial charge < -0.3 is 5.11 Å². The number of benzene rings is 2. The lowest BCUT2D eigenvalue weighted by molar-refractivity contribution is 0.477. The molecular formula is C15H10FNOS. The quantitative estimate of drug-likeness (QED) is 0.753. The summed E-state index contributed by atoms with van der Waals surface area (Å²) in [5.74, 6) is -0.117. The predicted molar refractivity (Wildman–Crippen MR) is 74.6 cm³/mol. The molecule has 1 N–H and O–H groups in total. The maximum Gasteiger partial charge on any atom is 0.133 e. The van der Waals surface area contributed by atoms with Gasteiger partial charge in [0.15, 0.2) is 0 Å². The Kier molecular flexibility index (Phi) is 3.01. The van der Waals surface area contributed by atoms with Crippen LogP contribution >= 0.6 is 11.3 Å². The highest BCUT2D eigenvalue weighted by atomic mass is 32.1. The lowest BCUT2D eigenvalue weighted by Gasteiger charge is -2.00. The van der Waals surface area contributed by atoms with E-state index in [9.17, 15) is 9.50 Å². The molecule has 1 aromatic heterocycles. The Bertz CT molecular complexity index is 663. The molecule has 0 bridgehead atoms. The van der Waals surface area contributed by atoms with Crippen molar-refractivity contribution in [3.05, 3.63) is 59.7 Å². The van der Waals surface area contributed by atoms with Gasteiger partial charge >= 0.3 is 0 Å². The highest BCUT2D eigenvalue weighted by molar-refractivity contribution is 7.13. The number of halogens is 1. The average molecular weight is 271 g/mol. The molecule has 0 radical (unpaired) electrons. The molecule has 0 saturated carbocycles. The molecule has 94 valence electrons. The van der Waals surface area contributed by atoms with E-state index >= 15 is 0 Å². The first kappa shape index (κ1) is 11.9. The van der Waals surface area contributed by atoms with Crippen molar-refractivity contribution >= 4 is 11.3 Å². The third kappa shape index (κ3) is 2.22. The minimum absolute atomic E-state index is 0.174. The van der Waals surface area contributed by atoms with Gasteiger partial charge in [0.2, 0.25) is 0 Å². The van der Waals surface area contributed by atoms with Crippen molar-refractivity contribution in [1.82, 2.24) is 4.98 Å². The fraction of sp³-hybridized carbons (Fsp3) is 0. The van der Waals surface area contributed by atoms with Gasteiger partial charge in [0.25, 0.3) is 0 Å². The number of para-hydroxylation sites is 1. The first-order valence-corrected chi connectivity index (χ1v) is 6.62. The number of phenolic OH excluding ortho intramolecular Hbond substituents is 1. The molecular weight excluding hydrogens is 261 g/mol. The van der Waals surface area contributed by atoms with E-state index in [1.807, 2.05) is 11.4 Å². The molecule has 19 heavy (non-hydrogen) atoms. The molecule has 0 aliphatic heterocycles. The molecule has 0 fully saturated rings. The number of nitrogens with zero attached hydrogens (tertiary/aromatic N) is 1. The summed E-state index contributed by atoms with van der Waals surface area (Å²) < 4.78 is 13.7. The third-order valence-corrected chi connectivity index (χ3v) is 3.66. The fourth-order valence-electron chi connectivity index (χ4n) is 1.85. The highest BCUT2D eigenvalue weighted by Crippen LogP contribution is 2.33. The molecule has 4 heteroatoms. The number of aromatic nitrogens is 1. The maximum atomic E-state index is 13.7. The fourth-order valence-corrected chi connectivity index (χ4v) is 2.69. The number of thiazole rings is 1. The van der Waals surface area contributed by atoms with E-state index in [1.165, 1.54) is 17.4 Å². The van der Waals surface area contributed by atoms with Crippen LogP contribution in [0.4, 0.5) is 4.39 Å². The largest absolute Gasteiger partial charge is 0.507 e. The molecule has 0 spiro atoms. The first-order chi connectivity index (χ1) is 9.25. The van der Waals surface area contributed by atoms with Gasteiger partial charge in [-0.2, -0.15) is 0 Å². The topological polar surface area (TPSA) is 33.1 Å². The normalized spacial score (nSPS) is 10.6. The Morgan fingerprint density at radius 1 is 0.947 bits per heavy atom. The van der Waals surface area contributed by atoms with E-state index < -0.39 is 0 Å². The zero-order valence-electron chi connectivity index (χ0n) is 9.88. The van der Waals surface area contributed by atoms with E-state index in [-0.39, 0.29) is 11.6 Å². The summed E-state index contributed by atoms with van der Waals surface area (Å²) in [4.78, 5) is 4.39. The van der Waals surface area contributed by atoms with Crippen molar-refractivity contribution in [2.45, 2.75) is 0 Å². The lowest BCUT2D eigenvalue weighted by atomic mass is 10.1. The van der Waals surface area contributed by atoms with Gasteiger partial charge in [0.1, 0.15) is 16.6 Å². The third-order valence-electron chi connectivity index (χ3n) is 2.79. The van der Waals surface area contributed by atoms with Crippen molar-refractivity contribution < 1.29 is 9.50 Å². The highest BCUT2D eigenvalue weighted by Gasteiger charge is 2.11. The monoisotopic (exact) mass is 271 g/mol. The Balaban J connectivity index is 2.06. The van der Waals surface area contributed by atoms with E-state index in [0.29, 0.717) is 21.8 Å². The molecule has 0 saturated heterocycles.